The van der Waals surface area contributed by atoms with E-state index in [1.807, 2.05) is 0 Å². The zero-order valence-electron chi connectivity index (χ0n) is 7.44. The van der Waals surface area contributed by atoms with E-state index in [2.05, 4.69) is 9.97 Å². The van der Waals surface area contributed by atoms with Gasteiger partial charge in [-0.3, -0.25) is 0 Å². The Hall–Kier alpha value is -2.04. The average molecular weight is 192 g/mol. The second kappa shape index (κ2) is 3.02. The maximum absolute atomic E-state index is 10.6. The lowest BCUT2D eigenvalue weighted by atomic mass is 10.3. The van der Waals surface area contributed by atoms with Gasteiger partial charge in [-0.1, -0.05) is 6.07 Å². The number of para-hydroxylation sites is 1. The smallest absolute Gasteiger partial charge is 0.371 e. The van der Waals surface area contributed by atoms with Crippen LogP contribution in [0, 0.1) is 0 Å². The van der Waals surface area contributed by atoms with E-state index in [0.717, 1.165) is 0 Å². The highest BCUT2D eigenvalue weighted by Gasteiger charge is 2.11. The van der Waals surface area contributed by atoms with Crippen LogP contribution in [0.3, 0.4) is 0 Å². The lowest BCUT2D eigenvalue weighted by Crippen LogP contribution is -1.97. The number of carboxylic acid groups (broad SMARTS) is 1. The van der Waals surface area contributed by atoms with E-state index in [9.17, 15) is 4.79 Å². The van der Waals surface area contributed by atoms with E-state index >= 15 is 0 Å². The molecular formula is C9H8N2O3. The Kier molecular flexibility index (Phi) is 1.85. The molecule has 5 nitrogen and oxygen atoms in total. The summed E-state index contributed by atoms with van der Waals surface area (Å²) in [7, 11) is 1.52. The number of imidazole rings is 1. The van der Waals surface area contributed by atoms with Crippen LogP contribution < -0.4 is 4.74 Å². The molecule has 0 saturated carbocycles. The Morgan fingerprint density at radius 2 is 2.36 bits per heavy atom. The molecule has 0 spiro atoms. The van der Waals surface area contributed by atoms with E-state index in [-0.39, 0.29) is 5.82 Å². The van der Waals surface area contributed by atoms with Crippen molar-refractivity contribution in [1.82, 2.24) is 9.97 Å². The fourth-order valence-electron chi connectivity index (χ4n) is 1.27. The number of methoxy groups -OCH3 is 1. The minimum atomic E-state index is -1.08. The lowest BCUT2D eigenvalue weighted by molar-refractivity contribution is 0.0685. The van der Waals surface area contributed by atoms with Crippen LogP contribution in [0.2, 0.25) is 0 Å². The van der Waals surface area contributed by atoms with Gasteiger partial charge in [0, 0.05) is 0 Å². The maximum Gasteiger partial charge on any atom is 0.371 e. The molecule has 0 saturated heterocycles. The number of benzene rings is 1. The third-order valence-electron chi connectivity index (χ3n) is 1.90. The zero-order chi connectivity index (χ0) is 10.1. The molecule has 0 unspecified atom stereocenters. The highest BCUT2D eigenvalue weighted by Crippen LogP contribution is 2.22. The number of nitrogens with zero attached hydrogens (tertiary/aromatic N) is 1. The summed E-state index contributed by atoms with van der Waals surface area (Å²) in [4.78, 5) is 17.2. The third kappa shape index (κ3) is 1.19. The molecule has 2 rings (SSSR count). The normalized spacial score (nSPS) is 10.4. The number of hydrogen-bond acceptors (Lipinski definition) is 3. The first-order valence-corrected chi connectivity index (χ1v) is 3.98. The summed E-state index contributed by atoms with van der Waals surface area (Å²) >= 11 is 0. The second-order valence-corrected chi connectivity index (χ2v) is 2.75. The van der Waals surface area contributed by atoms with E-state index in [1.165, 1.54) is 7.11 Å². The van der Waals surface area contributed by atoms with Crippen molar-refractivity contribution in [2.75, 3.05) is 7.11 Å². The zero-order valence-corrected chi connectivity index (χ0v) is 7.44. The Bertz CT molecular complexity index is 490. The van der Waals surface area contributed by atoms with Gasteiger partial charge in [-0.05, 0) is 12.1 Å². The molecule has 1 heterocycles. The largest absolute Gasteiger partial charge is 0.494 e. The van der Waals surface area contributed by atoms with Gasteiger partial charge in [-0.25, -0.2) is 9.78 Å². The van der Waals surface area contributed by atoms with Crippen LogP contribution in [0.25, 0.3) is 11.0 Å². The van der Waals surface area contributed by atoms with Crippen molar-refractivity contribution in [1.29, 1.82) is 0 Å². The van der Waals surface area contributed by atoms with Crippen LogP contribution in [0.15, 0.2) is 18.2 Å². The molecule has 2 N–H and O–H groups in total. The quantitative estimate of drug-likeness (QED) is 0.751. The fourth-order valence-corrected chi connectivity index (χ4v) is 1.27. The SMILES string of the molecule is COc1cccc2[nH]c(C(=O)O)nc12. The number of fused-ring (bicyclic) bond motifs is 1. The molecule has 0 aliphatic heterocycles. The number of nitrogens with one attached hydrogen (secondary N) is 1. The molecular weight excluding hydrogens is 184 g/mol. The average Bonchev–Trinajstić information content (AvgIpc) is 2.60. The molecule has 5 heteroatoms. The predicted molar refractivity (Wildman–Crippen MR) is 49.6 cm³/mol. The van der Waals surface area contributed by atoms with Crippen molar-refractivity contribution in [3.63, 3.8) is 0 Å². The number of H-pyrrole nitrogens is 1. The number of hydrogen-bond donors (Lipinski definition) is 2. The number of rotatable bonds is 2. The maximum atomic E-state index is 10.6. The highest BCUT2D eigenvalue weighted by molar-refractivity contribution is 5.91. The molecule has 0 amide bonds. The molecule has 0 fully saturated rings. The number of aromatic carboxylic acids is 1. The highest BCUT2D eigenvalue weighted by atomic mass is 16.5. The summed E-state index contributed by atoms with van der Waals surface area (Å²) in [5.74, 6) is -0.598. The van der Waals surface area contributed by atoms with Gasteiger partial charge in [-0.2, -0.15) is 0 Å². The first-order valence-electron chi connectivity index (χ1n) is 3.98. The molecule has 0 aliphatic carbocycles. The Morgan fingerprint density at radius 3 is 3.00 bits per heavy atom. The van der Waals surface area contributed by atoms with Crippen molar-refractivity contribution in [3.05, 3.63) is 24.0 Å². The van der Waals surface area contributed by atoms with Crippen LogP contribution >= 0.6 is 0 Å². The second-order valence-electron chi connectivity index (χ2n) is 2.75. The van der Waals surface area contributed by atoms with Gasteiger partial charge < -0.3 is 14.8 Å². The number of carbonyl (C=O) groups is 1. The van der Waals surface area contributed by atoms with Gasteiger partial charge >= 0.3 is 5.97 Å². The standard InChI is InChI=1S/C9H8N2O3/c1-14-6-4-2-3-5-7(6)11-8(10-5)9(12)13/h2-4H,1H3,(H,10,11)(H,12,13). The first-order chi connectivity index (χ1) is 6.72. The minimum Gasteiger partial charge on any atom is -0.494 e. The number of aromatic amines is 1. The summed E-state index contributed by atoms with van der Waals surface area (Å²) in [5, 5.41) is 8.71. The number of ether oxygens (including phenoxy) is 1. The first kappa shape index (κ1) is 8.55. The van der Waals surface area contributed by atoms with Gasteiger partial charge in [0.2, 0.25) is 5.82 Å². The van der Waals surface area contributed by atoms with Crippen LogP contribution in [-0.4, -0.2) is 28.2 Å². The minimum absolute atomic E-state index is 0.0792. The van der Waals surface area contributed by atoms with Crippen molar-refractivity contribution in [2.24, 2.45) is 0 Å². The molecule has 2 aromatic rings. The summed E-state index contributed by atoms with van der Waals surface area (Å²) in [6, 6.07) is 5.25. The van der Waals surface area contributed by atoms with Crippen LogP contribution in [0.1, 0.15) is 10.6 Å². The van der Waals surface area contributed by atoms with Crippen molar-refractivity contribution in [2.45, 2.75) is 0 Å². The van der Waals surface area contributed by atoms with Crippen molar-refractivity contribution < 1.29 is 14.6 Å². The molecule has 72 valence electrons. The summed E-state index contributed by atoms with van der Waals surface area (Å²) in [6.45, 7) is 0. The molecule has 1 aromatic carbocycles. The summed E-state index contributed by atoms with van der Waals surface area (Å²) in [5.41, 5.74) is 1.19. The molecule has 0 atom stereocenters. The Balaban J connectivity index is 2.70. The van der Waals surface area contributed by atoms with Gasteiger partial charge in [0.1, 0.15) is 11.3 Å². The molecule has 0 bridgehead atoms. The number of aromatic nitrogens is 2. The van der Waals surface area contributed by atoms with Gasteiger partial charge in [0.25, 0.3) is 0 Å². The molecule has 0 aliphatic rings. The lowest BCUT2D eigenvalue weighted by Gasteiger charge is -1.97. The number of carboxylic acids is 1. The molecule has 0 radical (unpaired) electrons. The predicted octanol–water partition coefficient (Wildman–Crippen LogP) is 1.27. The van der Waals surface area contributed by atoms with Gasteiger partial charge in [-0.15, -0.1) is 0 Å². The Morgan fingerprint density at radius 1 is 1.57 bits per heavy atom. The van der Waals surface area contributed by atoms with E-state index < -0.39 is 5.97 Å². The fraction of sp³-hybridized carbons (Fsp3) is 0.111. The van der Waals surface area contributed by atoms with Crippen LogP contribution in [0.4, 0.5) is 0 Å². The van der Waals surface area contributed by atoms with Gasteiger partial charge in [0.05, 0.1) is 12.6 Å². The summed E-state index contributed by atoms with van der Waals surface area (Å²) in [6.07, 6.45) is 0. The van der Waals surface area contributed by atoms with Gasteiger partial charge in [0.15, 0.2) is 0 Å². The van der Waals surface area contributed by atoms with E-state index in [1.54, 1.807) is 18.2 Å². The van der Waals surface area contributed by atoms with Crippen molar-refractivity contribution >= 4 is 17.0 Å². The van der Waals surface area contributed by atoms with E-state index in [4.69, 9.17) is 9.84 Å². The molecule has 1 aromatic heterocycles. The monoisotopic (exact) mass is 192 g/mol. The van der Waals surface area contributed by atoms with Crippen LogP contribution in [-0.2, 0) is 0 Å². The Labute approximate surface area is 79.3 Å². The topological polar surface area (TPSA) is 75.2 Å². The third-order valence-corrected chi connectivity index (χ3v) is 1.90. The van der Waals surface area contributed by atoms with Crippen molar-refractivity contribution in [3.8, 4) is 5.75 Å². The van der Waals surface area contributed by atoms with Crippen LogP contribution in [0.5, 0.6) is 5.75 Å². The molecule has 14 heavy (non-hydrogen) atoms. The van der Waals surface area contributed by atoms with E-state index in [0.29, 0.717) is 16.8 Å². The summed E-state index contributed by atoms with van der Waals surface area (Å²) < 4.78 is 5.05.